The molecule has 0 unspecified atom stereocenters. The quantitative estimate of drug-likeness (QED) is 0.117. The van der Waals surface area contributed by atoms with Crippen LogP contribution < -0.4 is 14.4 Å². The molecule has 6 aromatic rings. The first-order valence-corrected chi connectivity index (χ1v) is 18.0. The van der Waals surface area contributed by atoms with Gasteiger partial charge in [-0.05, 0) is 94.5 Å². The highest BCUT2D eigenvalue weighted by atomic mass is 35.5. The number of esters is 1. The normalized spacial score (nSPS) is 14.4. The molecule has 0 saturated carbocycles. The molecule has 1 N–H and O–H groups in total. The summed E-state index contributed by atoms with van der Waals surface area (Å²) in [6.07, 6.45) is 2.83. The van der Waals surface area contributed by atoms with Crippen molar-refractivity contribution in [2.24, 2.45) is 7.05 Å². The Bertz CT molecular complexity index is 2400. The van der Waals surface area contributed by atoms with Gasteiger partial charge in [0.1, 0.15) is 17.2 Å². The number of rotatable bonds is 9. The number of amides is 1. The minimum absolute atomic E-state index is 0.151. The molecule has 1 amide bonds. The minimum atomic E-state index is -0.501. The van der Waals surface area contributed by atoms with Gasteiger partial charge in [0.2, 0.25) is 0 Å². The van der Waals surface area contributed by atoms with Gasteiger partial charge >= 0.3 is 5.97 Å². The molecule has 52 heavy (non-hydrogen) atoms. The van der Waals surface area contributed by atoms with Crippen LogP contribution in [-0.2, 0) is 18.2 Å². The van der Waals surface area contributed by atoms with Crippen molar-refractivity contribution in [2.45, 2.75) is 53.5 Å². The summed E-state index contributed by atoms with van der Waals surface area (Å²) in [4.78, 5) is 32.8. The third kappa shape index (κ3) is 5.60. The number of H-pyrrole nitrogens is 1. The lowest BCUT2D eigenvalue weighted by Gasteiger charge is -2.34. The number of anilines is 1. The lowest BCUT2D eigenvalue weighted by Crippen LogP contribution is -2.42. The number of hydrogen-bond acceptors (Lipinski definition) is 6. The standard InChI is InChI=1S/C40H41Cl2N5O5/c1-20-16-25(17-21(2)35(20)42)52-15-9-10-26-27-11-12-29(41)34(32-23(4)44-45(6)24(32)5)37(27)47-22(3)19-46(39(48)38(26)47)30-13-14-31(50-7)33-28(40(49)51-8)18-43-36(30)33/h11-14,16-18,22,43H,9-10,15,19H2,1-8H3/t22-/m1/s1. The van der Waals surface area contributed by atoms with E-state index in [9.17, 15) is 4.79 Å². The third-order valence-corrected chi connectivity index (χ3v) is 11.2. The highest BCUT2D eigenvalue weighted by Crippen LogP contribution is 2.46. The van der Waals surface area contributed by atoms with Gasteiger partial charge in [0, 0.05) is 53.1 Å². The van der Waals surface area contributed by atoms with E-state index in [1.165, 1.54) is 7.11 Å². The molecular weight excluding hydrogens is 701 g/mol. The van der Waals surface area contributed by atoms with Gasteiger partial charge < -0.3 is 28.7 Å². The van der Waals surface area contributed by atoms with Crippen LogP contribution in [0.25, 0.3) is 32.9 Å². The van der Waals surface area contributed by atoms with Crippen LogP contribution in [0, 0.1) is 27.7 Å². The third-order valence-electron chi connectivity index (χ3n) is 10.3. The van der Waals surface area contributed by atoms with Crippen molar-refractivity contribution >= 4 is 62.6 Å². The molecule has 270 valence electrons. The number of methoxy groups -OCH3 is 2. The van der Waals surface area contributed by atoms with Crippen LogP contribution in [0.3, 0.4) is 0 Å². The number of halogens is 2. The zero-order valence-electron chi connectivity index (χ0n) is 30.5. The van der Waals surface area contributed by atoms with Crippen LogP contribution in [0.4, 0.5) is 5.69 Å². The maximum absolute atomic E-state index is 15.1. The summed E-state index contributed by atoms with van der Waals surface area (Å²) in [5, 5.41) is 7.56. The fraction of sp³-hybridized carbons (Fsp3) is 0.325. The Kier molecular flexibility index (Phi) is 9.25. The van der Waals surface area contributed by atoms with Crippen LogP contribution in [0.2, 0.25) is 10.0 Å². The first-order valence-electron chi connectivity index (χ1n) is 17.2. The monoisotopic (exact) mass is 741 g/mol. The van der Waals surface area contributed by atoms with Crippen LogP contribution in [0.5, 0.6) is 11.5 Å². The molecule has 0 bridgehead atoms. The molecule has 1 atom stereocenters. The average Bonchev–Trinajstić information content (AvgIpc) is 3.78. The van der Waals surface area contributed by atoms with E-state index in [0.29, 0.717) is 64.6 Å². The fourth-order valence-electron chi connectivity index (χ4n) is 7.81. The molecule has 0 saturated heterocycles. The van der Waals surface area contributed by atoms with Crippen molar-refractivity contribution in [3.05, 3.63) is 92.0 Å². The summed E-state index contributed by atoms with van der Waals surface area (Å²) < 4.78 is 20.9. The van der Waals surface area contributed by atoms with Crippen molar-refractivity contribution in [2.75, 3.05) is 32.3 Å². The number of nitrogens with one attached hydrogen (secondary N) is 1. The van der Waals surface area contributed by atoms with E-state index in [0.717, 1.165) is 60.9 Å². The van der Waals surface area contributed by atoms with E-state index in [-0.39, 0.29) is 11.9 Å². The zero-order valence-corrected chi connectivity index (χ0v) is 32.0. The summed E-state index contributed by atoms with van der Waals surface area (Å²) in [5.74, 6) is 0.604. The van der Waals surface area contributed by atoms with Gasteiger partial charge in [-0.25, -0.2) is 4.79 Å². The number of aromatic nitrogens is 4. The van der Waals surface area contributed by atoms with Crippen molar-refractivity contribution in [1.29, 1.82) is 0 Å². The van der Waals surface area contributed by atoms with Crippen molar-refractivity contribution in [3.8, 4) is 22.6 Å². The molecule has 1 aliphatic rings. The zero-order chi connectivity index (χ0) is 37.2. The van der Waals surface area contributed by atoms with Gasteiger partial charge in [-0.3, -0.25) is 9.48 Å². The van der Waals surface area contributed by atoms with Gasteiger partial charge in [0.25, 0.3) is 5.91 Å². The Morgan fingerprint density at radius 3 is 2.42 bits per heavy atom. The lowest BCUT2D eigenvalue weighted by molar-refractivity contribution is 0.0602. The van der Waals surface area contributed by atoms with Gasteiger partial charge in [-0.1, -0.05) is 29.3 Å². The second-order valence-electron chi connectivity index (χ2n) is 13.5. The Morgan fingerprint density at radius 1 is 1.04 bits per heavy atom. The number of aryl methyl sites for hydroxylation is 5. The number of fused-ring (bicyclic) bond motifs is 4. The van der Waals surface area contributed by atoms with Crippen molar-refractivity contribution in [1.82, 2.24) is 19.3 Å². The van der Waals surface area contributed by atoms with Crippen LogP contribution in [0.15, 0.2) is 42.6 Å². The molecular formula is C40H41Cl2N5O5. The summed E-state index contributed by atoms with van der Waals surface area (Å²) >= 11 is 13.5. The van der Waals surface area contributed by atoms with E-state index in [1.54, 1.807) is 24.3 Å². The number of aromatic amines is 1. The van der Waals surface area contributed by atoms with E-state index < -0.39 is 5.97 Å². The largest absolute Gasteiger partial charge is 0.496 e. The number of benzene rings is 3. The van der Waals surface area contributed by atoms with Crippen LogP contribution in [-0.4, -0.2) is 58.6 Å². The summed E-state index contributed by atoms with van der Waals surface area (Å²) in [6, 6.07) is 11.3. The van der Waals surface area contributed by atoms with Gasteiger partial charge in [-0.15, -0.1) is 0 Å². The minimum Gasteiger partial charge on any atom is -0.496 e. The van der Waals surface area contributed by atoms with E-state index in [2.05, 4.69) is 16.5 Å². The number of nitrogens with zero attached hydrogens (tertiary/aromatic N) is 4. The molecule has 4 heterocycles. The molecule has 0 aliphatic carbocycles. The van der Waals surface area contributed by atoms with Crippen molar-refractivity contribution in [3.63, 3.8) is 0 Å². The van der Waals surface area contributed by atoms with Crippen molar-refractivity contribution < 1.29 is 23.8 Å². The molecule has 0 spiro atoms. The molecule has 3 aromatic heterocycles. The number of carbonyl (C=O) groups is 2. The lowest BCUT2D eigenvalue weighted by atomic mass is 9.98. The smallest absolute Gasteiger partial charge is 0.340 e. The summed E-state index contributed by atoms with van der Waals surface area (Å²) in [5.41, 5.74) is 9.60. The Balaban J connectivity index is 1.38. The molecule has 10 nitrogen and oxygen atoms in total. The topological polar surface area (TPSA) is 104 Å². The Morgan fingerprint density at radius 2 is 1.77 bits per heavy atom. The number of hydrogen-bond donors (Lipinski definition) is 1. The predicted molar refractivity (Wildman–Crippen MR) is 206 cm³/mol. The van der Waals surface area contributed by atoms with Gasteiger partial charge in [-0.2, -0.15) is 5.10 Å². The summed E-state index contributed by atoms with van der Waals surface area (Å²) in [7, 11) is 4.81. The molecule has 3 aromatic carbocycles. The highest BCUT2D eigenvalue weighted by molar-refractivity contribution is 6.35. The predicted octanol–water partition coefficient (Wildman–Crippen LogP) is 9.09. The Hall–Kier alpha value is -4.93. The maximum atomic E-state index is 15.1. The van der Waals surface area contributed by atoms with E-state index in [1.807, 2.05) is 69.8 Å². The van der Waals surface area contributed by atoms with Crippen LogP contribution in [0.1, 0.15) is 68.3 Å². The first kappa shape index (κ1) is 35.5. The molecule has 0 fully saturated rings. The van der Waals surface area contributed by atoms with Crippen LogP contribution >= 0.6 is 23.2 Å². The molecule has 0 radical (unpaired) electrons. The maximum Gasteiger partial charge on any atom is 0.340 e. The van der Waals surface area contributed by atoms with E-state index >= 15 is 4.79 Å². The number of carbonyl (C=O) groups excluding carboxylic acids is 2. The second kappa shape index (κ2) is 13.6. The fourth-order valence-corrected chi connectivity index (χ4v) is 8.16. The average molecular weight is 743 g/mol. The van der Waals surface area contributed by atoms with Gasteiger partial charge in [0.15, 0.2) is 0 Å². The molecule has 7 rings (SSSR count). The SMILES string of the molecule is COC(=O)c1c[nH]c2c(N3C[C@@H](C)n4c(c(CCCOc5cc(C)c(Cl)c(C)c5)c5ccc(Cl)c(-c6c(C)nn(C)c6C)c54)C3=O)ccc(OC)c12. The molecule has 12 heteroatoms. The Labute approximate surface area is 312 Å². The molecule has 1 aliphatic heterocycles. The van der Waals surface area contributed by atoms with Gasteiger partial charge in [0.05, 0.1) is 59.2 Å². The van der Waals surface area contributed by atoms with E-state index in [4.69, 9.17) is 42.5 Å². The number of ether oxygens (including phenoxy) is 3. The second-order valence-corrected chi connectivity index (χ2v) is 14.3. The first-order chi connectivity index (χ1) is 24.9. The highest BCUT2D eigenvalue weighted by Gasteiger charge is 2.38. The summed E-state index contributed by atoms with van der Waals surface area (Å²) in [6.45, 7) is 10.9.